The molecule has 7 rings (SSSR count). The SMILES string of the molecule is Nc1nc(Nc2ccc(S(=O)(=O)N3CCCCC3)cc2)c2nc(C3CCN(Cc4ccccc4)CC3)n(-c3ccccc3)c2n1. The van der Waals surface area contributed by atoms with Crippen LogP contribution in [-0.4, -0.2) is 63.3 Å². The zero-order valence-electron chi connectivity index (χ0n) is 25.2. The largest absolute Gasteiger partial charge is 0.368 e. The lowest BCUT2D eigenvalue weighted by Gasteiger charge is -2.31. The average Bonchev–Trinajstić information content (AvgIpc) is 3.46. The second-order valence-corrected chi connectivity index (χ2v) is 13.8. The molecule has 0 aliphatic carbocycles. The predicted octanol–water partition coefficient (Wildman–Crippen LogP) is 5.70. The van der Waals surface area contributed by atoms with Crippen molar-refractivity contribution < 1.29 is 8.42 Å². The van der Waals surface area contributed by atoms with Crippen LogP contribution in [0.15, 0.2) is 89.8 Å². The third-order valence-electron chi connectivity index (χ3n) is 8.84. The van der Waals surface area contributed by atoms with Crippen LogP contribution in [0.4, 0.5) is 17.5 Å². The van der Waals surface area contributed by atoms with Gasteiger partial charge in [0.1, 0.15) is 5.82 Å². The summed E-state index contributed by atoms with van der Waals surface area (Å²) in [6, 6.07) is 27.5. The first-order valence-corrected chi connectivity index (χ1v) is 17.1. The van der Waals surface area contributed by atoms with Crippen molar-refractivity contribution in [2.24, 2.45) is 0 Å². The number of imidazole rings is 1. The monoisotopic (exact) mass is 622 g/mol. The number of hydrogen-bond donors (Lipinski definition) is 2. The van der Waals surface area contributed by atoms with Crippen LogP contribution < -0.4 is 11.1 Å². The Kier molecular flexibility index (Phi) is 8.22. The van der Waals surface area contributed by atoms with Crippen LogP contribution in [0, 0.1) is 0 Å². The van der Waals surface area contributed by atoms with Gasteiger partial charge in [-0.2, -0.15) is 14.3 Å². The first-order valence-electron chi connectivity index (χ1n) is 15.7. The number of sulfonamides is 1. The maximum atomic E-state index is 13.2. The molecule has 0 unspecified atom stereocenters. The normalized spacial score (nSPS) is 17.1. The van der Waals surface area contributed by atoms with Gasteiger partial charge in [0.15, 0.2) is 17.0 Å². The third-order valence-corrected chi connectivity index (χ3v) is 10.7. The van der Waals surface area contributed by atoms with E-state index in [4.69, 9.17) is 10.7 Å². The van der Waals surface area contributed by atoms with Crippen LogP contribution in [0.5, 0.6) is 0 Å². The molecule has 3 N–H and O–H groups in total. The van der Waals surface area contributed by atoms with E-state index in [1.54, 1.807) is 28.6 Å². The van der Waals surface area contributed by atoms with Crippen molar-refractivity contribution in [1.29, 1.82) is 0 Å². The minimum absolute atomic E-state index is 0.135. The summed E-state index contributed by atoms with van der Waals surface area (Å²) in [5.74, 6) is 1.80. The lowest BCUT2D eigenvalue weighted by atomic mass is 9.95. The lowest BCUT2D eigenvalue weighted by Crippen LogP contribution is -2.35. The molecule has 10 nitrogen and oxygen atoms in total. The third kappa shape index (κ3) is 6.15. The molecular formula is C34H38N8O2S. The van der Waals surface area contributed by atoms with Crippen LogP contribution in [0.2, 0.25) is 0 Å². The number of hydrogen-bond acceptors (Lipinski definition) is 8. The molecule has 0 saturated carbocycles. The summed E-state index contributed by atoms with van der Waals surface area (Å²) in [6.07, 6.45) is 4.81. The van der Waals surface area contributed by atoms with Gasteiger partial charge in [-0.25, -0.2) is 13.4 Å². The molecule has 232 valence electrons. The highest BCUT2D eigenvalue weighted by molar-refractivity contribution is 7.89. The first-order chi connectivity index (χ1) is 22.0. The van der Waals surface area contributed by atoms with E-state index in [0.717, 1.165) is 63.3 Å². The molecule has 45 heavy (non-hydrogen) atoms. The highest BCUT2D eigenvalue weighted by Gasteiger charge is 2.29. The Bertz CT molecular complexity index is 1860. The number of aromatic nitrogens is 4. The summed E-state index contributed by atoms with van der Waals surface area (Å²) in [5.41, 5.74) is 10.5. The zero-order chi connectivity index (χ0) is 30.8. The molecule has 11 heteroatoms. The second-order valence-electron chi connectivity index (χ2n) is 11.9. The van der Waals surface area contributed by atoms with E-state index < -0.39 is 10.0 Å². The van der Waals surface area contributed by atoms with Crippen LogP contribution in [0.25, 0.3) is 16.9 Å². The standard InChI is InChI=1S/C34H38N8O2S/c35-34-38-31(36-27-14-16-29(17-15-27)45(43,44)41-20-8-3-9-21-41)30-33(39-34)42(28-12-6-2-7-13-28)32(37-30)26-18-22-40(23-19-26)24-25-10-4-1-5-11-25/h1-2,4-7,10-17,26H,3,8-9,18-24H2,(H3,35,36,38,39). The molecule has 3 aromatic carbocycles. The maximum absolute atomic E-state index is 13.2. The summed E-state index contributed by atoms with van der Waals surface area (Å²) < 4.78 is 30.0. The quantitative estimate of drug-likeness (QED) is 0.226. The average molecular weight is 623 g/mol. The van der Waals surface area contributed by atoms with Gasteiger partial charge in [-0.3, -0.25) is 9.47 Å². The van der Waals surface area contributed by atoms with Crippen molar-refractivity contribution in [3.8, 4) is 5.69 Å². The number of nitrogens with one attached hydrogen (secondary N) is 1. The van der Waals surface area contributed by atoms with Gasteiger partial charge in [0.2, 0.25) is 16.0 Å². The number of piperidine rings is 2. The minimum Gasteiger partial charge on any atom is -0.368 e. The van der Waals surface area contributed by atoms with E-state index in [0.29, 0.717) is 35.8 Å². The Morgan fingerprint density at radius 2 is 1.44 bits per heavy atom. The Hall–Kier alpha value is -4.32. The van der Waals surface area contributed by atoms with Crippen LogP contribution in [-0.2, 0) is 16.6 Å². The summed E-state index contributed by atoms with van der Waals surface area (Å²) in [5, 5.41) is 3.35. The van der Waals surface area contributed by atoms with Gasteiger partial charge < -0.3 is 11.1 Å². The summed E-state index contributed by atoms with van der Waals surface area (Å²) in [6.45, 7) is 4.03. The molecule has 2 saturated heterocycles. The fourth-order valence-corrected chi connectivity index (χ4v) is 7.99. The summed E-state index contributed by atoms with van der Waals surface area (Å²) >= 11 is 0. The molecule has 2 aliphatic heterocycles. The predicted molar refractivity (Wildman–Crippen MR) is 177 cm³/mol. The van der Waals surface area contributed by atoms with E-state index in [-0.39, 0.29) is 16.8 Å². The smallest absolute Gasteiger partial charge is 0.243 e. The van der Waals surface area contributed by atoms with Gasteiger partial charge in [0.25, 0.3) is 0 Å². The number of nitrogens with zero attached hydrogens (tertiary/aromatic N) is 6. The lowest BCUT2D eigenvalue weighted by molar-refractivity contribution is 0.201. The van der Waals surface area contributed by atoms with Gasteiger partial charge in [-0.15, -0.1) is 0 Å². The summed E-state index contributed by atoms with van der Waals surface area (Å²) in [4.78, 5) is 17.2. The molecule has 2 aromatic heterocycles. The number of rotatable bonds is 8. The van der Waals surface area contributed by atoms with Gasteiger partial charge in [0.05, 0.1) is 4.90 Å². The molecule has 0 spiro atoms. The molecule has 5 aromatic rings. The summed E-state index contributed by atoms with van der Waals surface area (Å²) in [7, 11) is -3.52. The number of para-hydroxylation sites is 1. The molecule has 0 bridgehead atoms. The second kappa shape index (κ2) is 12.6. The van der Waals surface area contributed by atoms with Gasteiger partial charge >= 0.3 is 0 Å². The molecule has 4 heterocycles. The fourth-order valence-electron chi connectivity index (χ4n) is 6.48. The van der Waals surface area contributed by atoms with Gasteiger partial charge in [-0.1, -0.05) is 55.0 Å². The van der Waals surface area contributed by atoms with Crippen LogP contribution in [0.3, 0.4) is 0 Å². The highest BCUT2D eigenvalue weighted by Crippen LogP contribution is 2.35. The van der Waals surface area contributed by atoms with E-state index >= 15 is 0 Å². The number of nitrogens with two attached hydrogens (primary N) is 1. The van der Waals surface area contributed by atoms with Crippen molar-refractivity contribution in [2.45, 2.75) is 49.5 Å². The minimum atomic E-state index is -3.52. The fraction of sp³-hybridized carbons (Fsp3) is 0.324. The Balaban J connectivity index is 1.19. The Morgan fingerprint density at radius 1 is 0.778 bits per heavy atom. The zero-order valence-corrected chi connectivity index (χ0v) is 26.0. The topological polar surface area (TPSA) is 122 Å². The van der Waals surface area contributed by atoms with Crippen molar-refractivity contribution in [1.82, 2.24) is 28.7 Å². The molecule has 2 fully saturated rings. The molecule has 0 amide bonds. The highest BCUT2D eigenvalue weighted by atomic mass is 32.2. The Morgan fingerprint density at radius 3 is 2.13 bits per heavy atom. The van der Waals surface area contributed by atoms with Gasteiger partial charge in [-0.05, 0) is 80.7 Å². The number of anilines is 3. The van der Waals surface area contributed by atoms with E-state index in [1.807, 2.05) is 18.2 Å². The molecule has 0 atom stereocenters. The van der Waals surface area contributed by atoms with Gasteiger partial charge in [0, 0.05) is 36.9 Å². The van der Waals surface area contributed by atoms with Crippen molar-refractivity contribution >= 4 is 38.6 Å². The Labute approximate surface area is 264 Å². The maximum Gasteiger partial charge on any atom is 0.243 e. The first kappa shape index (κ1) is 29.4. The van der Waals surface area contributed by atoms with Crippen LogP contribution in [0.1, 0.15) is 49.4 Å². The van der Waals surface area contributed by atoms with Crippen LogP contribution >= 0.6 is 0 Å². The number of benzene rings is 3. The molecular weight excluding hydrogens is 584 g/mol. The number of likely N-dealkylation sites (tertiary alicyclic amines) is 1. The van der Waals surface area contributed by atoms with E-state index in [9.17, 15) is 8.42 Å². The van der Waals surface area contributed by atoms with Crippen molar-refractivity contribution in [2.75, 3.05) is 37.2 Å². The van der Waals surface area contributed by atoms with Crippen molar-refractivity contribution in [3.63, 3.8) is 0 Å². The number of nitrogen functional groups attached to an aromatic ring is 1. The van der Waals surface area contributed by atoms with Crippen molar-refractivity contribution in [3.05, 3.63) is 96.3 Å². The molecule has 0 radical (unpaired) electrons. The molecule has 2 aliphatic rings. The van der Waals surface area contributed by atoms with E-state index in [1.165, 1.54) is 5.56 Å². The number of fused-ring (bicyclic) bond motifs is 1. The van der Waals surface area contributed by atoms with E-state index in [2.05, 4.69) is 67.2 Å².